The lowest BCUT2D eigenvalue weighted by atomic mass is 10.3. The van der Waals surface area contributed by atoms with Crippen molar-refractivity contribution >= 4 is 15.8 Å². The van der Waals surface area contributed by atoms with E-state index in [2.05, 4.69) is 54.9 Å². The maximum atomic E-state index is 2.50. The average Bonchev–Trinajstić information content (AvgIpc) is 1.95. The van der Waals surface area contributed by atoms with Crippen molar-refractivity contribution in [1.82, 2.24) is 0 Å². The van der Waals surface area contributed by atoms with Gasteiger partial charge in [0.25, 0.3) is 0 Å². The summed E-state index contributed by atoms with van der Waals surface area (Å²) in [6.07, 6.45) is 3.02. The molecule has 0 aliphatic heterocycles. The maximum Gasteiger partial charge on any atom is 0.0907 e. The van der Waals surface area contributed by atoms with E-state index in [4.69, 9.17) is 0 Å². The fourth-order valence-electron chi connectivity index (χ4n) is 1.12. The van der Waals surface area contributed by atoms with E-state index >= 15 is 0 Å². The molecule has 0 amide bonds. The molecular formula is C12H30P2+2. The van der Waals surface area contributed by atoms with E-state index in [1.807, 2.05) is 0 Å². The van der Waals surface area contributed by atoms with Crippen molar-refractivity contribution < 1.29 is 0 Å². The molecule has 0 radical (unpaired) electrons. The summed E-state index contributed by atoms with van der Waals surface area (Å²) >= 11 is 0. The molecule has 0 aromatic rings. The largest absolute Gasteiger partial charge is 0.0907 e. The molecule has 2 heteroatoms. The predicted molar refractivity (Wildman–Crippen MR) is 77.7 cm³/mol. The number of rotatable bonds is 3. The molecule has 0 aromatic carbocycles. The van der Waals surface area contributed by atoms with E-state index in [-0.39, 0.29) is 15.8 Å². The Morgan fingerprint density at radius 2 is 0.857 bits per heavy atom. The van der Waals surface area contributed by atoms with Gasteiger partial charge < -0.3 is 0 Å². The van der Waals surface area contributed by atoms with Crippen LogP contribution in [0.1, 0.15) is 41.5 Å². The predicted octanol–water partition coefficient (Wildman–Crippen LogP) is 4.27. The SMILES string of the molecule is C[PH+](CC[PH+](C)C(C)(C)C)C(C)(C)C. The molecular weight excluding hydrogens is 206 g/mol. The Kier molecular flexibility index (Phi) is 5.59. The van der Waals surface area contributed by atoms with Gasteiger partial charge in [-0.2, -0.15) is 0 Å². The molecule has 2 unspecified atom stereocenters. The van der Waals surface area contributed by atoms with Crippen LogP contribution in [0.25, 0.3) is 0 Å². The van der Waals surface area contributed by atoms with Crippen LogP contribution in [0.5, 0.6) is 0 Å². The van der Waals surface area contributed by atoms with Crippen molar-refractivity contribution in [2.24, 2.45) is 0 Å². The van der Waals surface area contributed by atoms with Crippen LogP contribution >= 0.6 is 15.8 Å². The summed E-state index contributed by atoms with van der Waals surface area (Å²) in [5.41, 5.74) is 0. The maximum absolute atomic E-state index is 2.50. The summed E-state index contributed by atoms with van der Waals surface area (Å²) in [6, 6.07) is 0. The van der Waals surface area contributed by atoms with Crippen molar-refractivity contribution in [3.8, 4) is 0 Å². The third-order valence-electron chi connectivity index (χ3n) is 3.44. The van der Waals surface area contributed by atoms with Crippen molar-refractivity contribution in [3.63, 3.8) is 0 Å². The summed E-state index contributed by atoms with van der Waals surface area (Å²) in [5.74, 6) is 0. The molecule has 0 spiro atoms. The van der Waals surface area contributed by atoms with Gasteiger partial charge >= 0.3 is 0 Å². The molecule has 0 bridgehead atoms. The van der Waals surface area contributed by atoms with E-state index in [0.717, 1.165) is 0 Å². The Morgan fingerprint density at radius 3 is 1.00 bits per heavy atom. The third kappa shape index (κ3) is 5.67. The quantitative estimate of drug-likeness (QED) is 0.642. The fourth-order valence-corrected chi connectivity index (χ4v) is 5.62. The zero-order chi connectivity index (χ0) is 11.6. The van der Waals surface area contributed by atoms with E-state index in [0.29, 0.717) is 10.3 Å². The highest BCUT2D eigenvalue weighted by atomic mass is 31.1. The first-order chi connectivity index (χ1) is 6.05. The van der Waals surface area contributed by atoms with Gasteiger partial charge in [-0.15, -0.1) is 0 Å². The van der Waals surface area contributed by atoms with Crippen LogP contribution < -0.4 is 0 Å². The highest BCUT2D eigenvalue weighted by Crippen LogP contribution is 2.52. The lowest BCUT2D eigenvalue weighted by molar-refractivity contribution is 0.777. The minimum Gasteiger partial charge on any atom is -0.0261 e. The molecule has 0 aliphatic carbocycles. The third-order valence-corrected chi connectivity index (χ3v) is 11.1. The average molecular weight is 236 g/mol. The van der Waals surface area contributed by atoms with Crippen LogP contribution in [0, 0.1) is 0 Å². The van der Waals surface area contributed by atoms with Gasteiger partial charge in [0.05, 0.1) is 22.6 Å². The van der Waals surface area contributed by atoms with Gasteiger partial charge in [-0.25, -0.2) is 0 Å². The molecule has 0 nitrogen and oxygen atoms in total. The van der Waals surface area contributed by atoms with Gasteiger partial charge in [0.15, 0.2) is 0 Å². The smallest absolute Gasteiger partial charge is 0.0261 e. The van der Waals surface area contributed by atoms with E-state index in [1.54, 1.807) is 0 Å². The second kappa shape index (κ2) is 5.27. The molecule has 2 atom stereocenters. The zero-order valence-corrected chi connectivity index (χ0v) is 13.4. The molecule has 0 rings (SSSR count). The van der Waals surface area contributed by atoms with Crippen LogP contribution in [0.3, 0.4) is 0 Å². The van der Waals surface area contributed by atoms with E-state index in [1.165, 1.54) is 12.3 Å². The topological polar surface area (TPSA) is 0 Å². The summed E-state index contributed by atoms with van der Waals surface area (Å²) in [7, 11) is -0.269. The van der Waals surface area contributed by atoms with Crippen molar-refractivity contribution in [3.05, 3.63) is 0 Å². The lowest BCUT2D eigenvalue weighted by Crippen LogP contribution is -2.17. The van der Waals surface area contributed by atoms with Gasteiger partial charge in [0.1, 0.15) is 0 Å². The number of hydrogen-bond donors (Lipinski definition) is 0. The summed E-state index contributed by atoms with van der Waals surface area (Å²) in [5, 5.41) is 1.18. The Balaban J connectivity index is 3.96. The Labute approximate surface area is 93.8 Å². The monoisotopic (exact) mass is 236 g/mol. The van der Waals surface area contributed by atoms with Gasteiger partial charge in [-0.1, -0.05) is 0 Å². The standard InChI is InChI=1S/C12H28P2/c1-11(2,3)13(7)9-10-14(8)12(4,5)6/h9-10H2,1-8H3/p+2. The summed E-state index contributed by atoms with van der Waals surface area (Å²) in [6.45, 7) is 19.4. The van der Waals surface area contributed by atoms with Gasteiger partial charge in [0, 0.05) is 29.2 Å². The first-order valence-electron chi connectivity index (χ1n) is 5.71. The van der Waals surface area contributed by atoms with Crippen LogP contribution in [-0.4, -0.2) is 36.0 Å². The lowest BCUT2D eigenvalue weighted by Gasteiger charge is -2.24. The molecule has 0 N–H and O–H groups in total. The van der Waals surface area contributed by atoms with Crippen LogP contribution in [0.2, 0.25) is 0 Å². The molecule has 0 aliphatic rings. The van der Waals surface area contributed by atoms with E-state index < -0.39 is 0 Å². The molecule has 0 heterocycles. The highest BCUT2D eigenvalue weighted by molar-refractivity contribution is 7.62. The van der Waals surface area contributed by atoms with E-state index in [9.17, 15) is 0 Å². The van der Waals surface area contributed by atoms with Crippen LogP contribution in [0.4, 0.5) is 0 Å². The summed E-state index contributed by atoms with van der Waals surface area (Å²) in [4.78, 5) is 0. The van der Waals surface area contributed by atoms with Crippen molar-refractivity contribution in [2.45, 2.75) is 51.9 Å². The zero-order valence-electron chi connectivity index (χ0n) is 11.4. The van der Waals surface area contributed by atoms with Crippen LogP contribution in [-0.2, 0) is 0 Å². The molecule has 0 fully saturated rings. The normalized spacial score (nSPS) is 18.0. The molecule has 14 heavy (non-hydrogen) atoms. The molecule has 0 aromatic heterocycles. The molecule has 86 valence electrons. The first-order valence-corrected chi connectivity index (χ1v) is 10.1. The Morgan fingerprint density at radius 1 is 0.643 bits per heavy atom. The van der Waals surface area contributed by atoms with Gasteiger partial charge in [-0.05, 0) is 41.5 Å². The Bertz CT molecular complexity index is 142. The Hall–Kier alpha value is 0.860. The van der Waals surface area contributed by atoms with Crippen LogP contribution in [0.15, 0.2) is 0 Å². The minimum absolute atomic E-state index is 0.134. The summed E-state index contributed by atoms with van der Waals surface area (Å²) < 4.78 is 0. The van der Waals surface area contributed by atoms with Crippen molar-refractivity contribution in [2.75, 3.05) is 25.7 Å². The van der Waals surface area contributed by atoms with Gasteiger partial charge in [-0.3, -0.25) is 0 Å². The van der Waals surface area contributed by atoms with Crippen molar-refractivity contribution in [1.29, 1.82) is 0 Å². The second-order valence-corrected chi connectivity index (χ2v) is 13.7. The molecule has 0 saturated carbocycles. The first kappa shape index (κ1) is 14.9. The fraction of sp³-hybridized carbons (Fsp3) is 1.00. The number of hydrogen-bond acceptors (Lipinski definition) is 0. The molecule has 0 saturated heterocycles. The second-order valence-electron chi connectivity index (χ2n) is 6.56. The highest BCUT2D eigenvalue weighted by Gasteiger charge is 2.32. The minimum atomic E-state index is -0.134. The van der Waals surface area contributed by atoms with Gasteiger partial charge in [0.2, 0.25) is 0 Å².